The molecular weight excluding hydrogens is 224 g/mol. The van der Waals surface area contributed by atoms with E-state index in [0.29, 0.717) is 35.2 Å². The summed E-state index contributed by atoms with van der Waals surface area (Å²) in [6.45, 7) is 0. The number of fused-ring (bicyclic) bond motifs is 6. The number of ketones is 2. The zero-order valence-electron chi connectivity index (χ0n) is 10.8. The molecule has 0 radical (unpaired) electrons. The first-order valence-electron chi connectivity index (χ1n) is 7.78. The summed E-state index contributed by atoms with van der Waals surface area (Å²) >= 11 is 0. The zero-order valence-corrected chi connectivity index (χ0v) is 10.8. The molecule has 0 aliphatic heterocycles. The van der Waals surface area contributed by atoms with Gasteiger partial charge in [-0.2, -0.15) is 0 Å². The molecule has 18 heavy (non-hydrogen) atoms. The Kier molecular flexibility index (Phi) is 1.56. The second-order valence-electron chi connectivity index (χ2n) is 7.76. The number of Topliss-reactive ketones (excluding diaryl/α,β-unsaturated/α-hetero) is 2. The summed E-state index contributed by atoms with van der Waals surface area (Å²) in [7, 11) is 0. The van der Waals surface area contributed by atoms with Gasteiger partial charge in [0, 0.05) is 0 Å². The lowest BCUT2D eigenvalue weighted by Gasteiger charge is -2.56. The number of hydrogen-bond donors (Lipinski definition) is 0. The molecule has 96 valence electrons. The monoisotopic (exact) mass is 244 g/mol. The smallest absolute Gasteiger partial charge is 0.160 e. The van der Waals surface area contributed by atoms with Gasteiger partial charge in [-0.1, -0.05) is 12.8 Å². The molecule has 5 aliphatic carbocycles. The highest BCUT2D eigenvalue weighted by atomic mass is 16.2. The van der Waals surface area contributed by atoms with Crippen molar-refractivity contribution in [3.8, 4) is 0 Å². The maximum Gasteiger partial charge on any atom is 0.160 e. The van der Waals surface area contributed by atoms with E-state index in [1.165, 1.54) is 25.7 Å². The highest BCUT2D eigenvalue weighted by molar-refractivity contribution is 6.31. The quantitative estimate of drug-likeness (QED) is 0.614. The fraction of sp³-hybridized carbons (Fsp3) is 0.875. The summed E-state index contributed by atoms with van der Waals surface area (Å²) in [4.78, 5) is 26.0. The van der Waals surface area contributed by atoms with Crippen molar-refractivity contribution in [2.24, 2.45) is 34.5 Å². The first kappa shape index (κ1) is 10.2. The van der Waals surface area contributed by atoms with E-state index >= 15 is 0 Å². The number of rotatable bonds is 0. The van der Waals surface area contributed by atoms with E-state index in [2.05, 4.69) is 0 Å². The van der Waals surface area contributed by atoms with Crippen LogP contribution in [0.25, 0.3) is 0 Å². The number of hydrogen-bond acceptors (Lipinski definition) is 2. The normalized spacial score (nSPS) is 60.2. The average Bonchev–Trinajstić information content (AvgIpc) is 3.14. The molecule has 5 aliphatic rings. The van der Waals surface area contributed by atoms with E-state index in [1.807, 2.05) is 0 Å². The van der Waals surface area contributed by atoms with Crippen LogP contribution in [0, 0.1) is 34.5 Å². The van der Waals surface area contributed by atoms with Crippen LogP contribution >= 0.6 is 0 Å². The average molecular weight is 244 g/mol. The Morgan fingerprint density at radius 3 is 1.44 bits per heavy atom. The molecule has 5 fully saturated rings. The minimum atomic E-state index is -0.451. The topological polar surface area (TPSA) is 34.1 Å². The summed E-state index contributed by atoms with van der Waals surface area (Å²) in [5.74, 6) is 3.09. The fourth-order valence-corrected chi connectivity index (χ4v) is 6.71. The van der Waals surface area contributed by atoms with Crippen LogP contribution in [0.3, 0.4) is 0 Å². The first-order chi connectivity index (χ1) is 8.68. The van der Waals surface area contributed by atoms with Crippen molar-refractivity contribution in [2.75, 3.05) is 0 Å². The molecule has 0 saturated heterocycles. The summed E-state index contributed by atoms with van der Waals surface area (Å²) in [5, 5.41) is 0. The number of carbonyl (C=O) groups excluding carboxylic acids is 2. The molecule has 0 aromatic rings. The van der Waals surface area contributed by atoms with Gasteiger partial charge in [-0.15, -0.1) is 0 Å². The lowest BCUT2D eigenvalue weighted by atomic mass is 9.42. The molecule has 0 N–H and O–H groups in total. The van der Waals surface area contributed by atoms with Crippen molar-refractivity contribution in [1.82, 2.24) is 0 Å². The van der Waals surface area contributed by atoms with E-state index in [9.17, 15) is 9.59 Å². The van der Waals surface area contributed by atoms with Crippen LogP contribution in [0.4, 0.5) is 0 Å². The van der Waals surface area contributed by atoms with Gasteiger partial charge in [0.25, 0.3) is 0 Å². The van der Waals surface area contributed by atoms with Gasteiger partial charge in [-0.3, -0.25) is 9.59 Å². The molecule has 4 bridgehead atoms. The van der Waals surface area contributed by atoms with Gasteiger partial charge in [0.05, 0.1) is 10.8 Å². The maximum atomic E-state index is 13.0. The third-order valence-electron chi connectivity index (χ3n) is 7.32. The van der Waals surface area contributed by atoms with E-state index in [4.69, 9.17) is 0 Å². The van der Waals surface area contributed by atoms with Crippen LogP contribution in [0.1, 0.15) is 51.4 Å². The van der Waals surface area contributed by atoms with Crippen LogP contribution in [0.5, 0.6) is 0 Å². The van der Waals surface area contributed by atoms with Crippen LogP contribution in [-0.2, 0) is 9.59 Å². The third kappa shape index (κ3) is 0.786. The molecule has 2 heteroatoms. The van der Waals surface area contributed by atoms with E-state index in [0.717, 1.165) is 25.7 Å². The molecular formula is C16H20O2. The largest absolute Gasteiger partial charge is 0.297 e. The van der Waals surface area contributed by atoms with Crippen LogP contribution < -0.4 is 0 Å². The molecule has 2 nitrogen and oxygen atoms in total. The summed E-state index contributed by atoms with van der Waals surface area (Å²) in [6.07, 6.45) is 9.02. The van der Waals surface area contributed by atoms with Crippen molar-refractivity contribution in [2.45, 2.75) is 51.4 Å². The molecule has 0 unspecified atom stereocenters. The van der Waals surface area contributed by atoms with Gasteiger partial charge in [0.2, 0.25) is 0 Å². The van der Waals surface area contributed by atoms with Crippen molar-refractivity contribution < 1.29 is 9.59 Å². The van der Waals surface area contributed by atoms with Crippen molar-refractivity contribution in [1.29, 1.82) is 0 Å². The van der Waals surface area contributed by atoms with Crippen molar-refractivity contribution >= 4 is 11.6 Å². The Morgan fingerprint density at radius 1 is 0.722 bits per heavy atom. The highest BCUT2D eigenvalue weighted by Crippen LogP contribution is 2.73. The molecule has 5 saturated carbocycles. The lowest BCUT2D eigenvalue weighted by Crippen LogP contribution is -2.70. The standard InChI is InChI=1S/C16H20O2/c17-13-15(7-9-1-3-11(15)5-9)14(18)16(13)8-10-2-4-12(16)6-10/h9-12H,1-8H2/t9-,10-,11+,12+,15?,16?/m1/s1. The van der Waals surface area contributed by atoms with Crippen LogP contribution in [0.15, 0.2) is 0 Å². The first-order valence-corrected chi connectivity index (χ1v) is 7.78. The Hall–Kier alpha value is -0.660. The predicted octanol–water partition coefficient (Wildman–Crippen LogP) is 2.75. The van der Waals surface area contributed by atoms with Gasteiger partial charge < -0.3 is 0 Å². The number of carbonyl (C=O) groups is 2. The van der Waals surface area contributed by atoms with Gasteiger partial charge in [0.1, 0.15) is 0 Å². The molecule has 0 aromatic heterocycles. The van der Waals surface area contributed by atoms with E-state index < -0.39 is 10.8 Å². The molecule has 5 rings (SSSR count). The van der Waals surface area contributed by atoms with Gasteiger partial charge in [-0.05, 0) is 62.2 Å². The van der Waals surface area contributed by atoms with Gasteiger partial charge >= 0.3 is 0 Å². The lowest BCUT2D eigenvalue weighted by molar-refractivity contribution is -0.180. The van der Waals surface area contributed by atoms with Crippen LogP contribution in [-0.4, -0.2) is 11.6 Å². The Balaban J connectivity index is 1.57. The van der Waals surface area contributed by atoms with E-state index in [-0.39, 0.29) is 0 Å². The Labute approximate surface area is 108 Å². The molecule has 2 spiro atoms. The third-order valence-corrected chi connectivity index (χ3v) is 7.32. The summed E-state index contributed by atoms with van der Waals surface area (Å²) in [5.41, 5.74) is -0.902. The van der Waals surface area contributed by atoms with Crippen molar-refractivity contribution in [3.63, 3.8) is 0 Å². The fourth-order valence-electron chi connectivity index (χ4n) is 6.71. The Bertz CT molecular complexity index is 421. The van der Waals surface area contributed by atoms with Crippen LogP contribution in [0.2, 0.25) is 0 Å². The van der Waals surface area contributed by atoms with Crippen molar-refractivity contribution in [3.05, 3.63) is 0 Å². The molecule has 0 aromatic carbocycles. The SMILES string of the molecule is O=C1C2(C[C@@H]3CC[C@H]2C3)C(=O)C12C[C@@H]1CC[C@H]2C1. The predicted molar refractivity (Wildman–Crippen MR) is 65.8 cm³/mol. The molecule has 0 heterocycles. The zero-order chi connectivity index (χ0) is 12.1. The maximum absolute atomic E-state index is 13.0. The van der Waals surface area contributed by atoms with Gasteiger partial charge in [-0.25, -0.2) is 0 Å². The molecule has 0 amide bonds. The minimum Gasteiger partial charge on any atom is -0.297 e. The highest BCUT2D eigenvalue weighted by Gasteiger charge is 2.79. The summed E-state index contributed by atoms with van der Waals surface area (Å²) < 4.78 is 0. The molecule has 4 atom stereocenters. The van der Waals surface area contributed by atoms with E-state index in [1.54, 1.807) is 0 Å². The minimum absolute atomic E-state index is 0.416. The van der Waals surface area contributed by atoms with Gasteiger partial charge in [0.15, 0.2) is 11.6 Å². The summed E-state index contributed by atoms with van der Waals surface area (Å²) in [6, 6.07) is 0. The Morgan fingerprint density at radius 2 is 1.17 bits per heavy atom. The second kappa shape index (κ2) is 2.76. The second-order valence-corrected chi connectivity index (χ2v) is 7.76.